The molecule has 1 aliphatic carbocycles. The smallest absolute Gasteiger partial charge is 0.333 e. The first-order valence-corrected chi connectivity index (χ1v) is 7.89. The van der Waals surface area contributed by atoms with Crippen LogP contribution in [0.1, 0.15) is 31.7 Å². The van der Waals surface area contributed by atoms with Crippen LogP contribution in [0.25, 0.3) is 0 Å². The maximum absolute atomic E-state index is 12.5. The number of hydrogen-bond donors (Lipinski definition) is 1. The molecule has 0 spiro atoms. The minimum absolute atomic E-state index is 0.116. The number of esters is 1. The first-order chi connectivity index (χ1) is 10.1. The zero-order chi connectivity index (χ0) is 14.9. The molecule has 1 aromatic carbocycles. The molecule has 1 aromatic rings. The Morgan fingerprint density at radius 3 is 2.95 bits per heavy atom. The van der Waals surface area contributed by atoms with Crippen LogP contribution in [0.4, 0.5) is 5.69 Å². The molecule has 21 heavy (non-hydrogen) atoms. The Morgan fingerprint density at radius 1 is 1.48 bits per heavy atom. The van der Waals surface area contributed by atoms with Crippen molar-refractivity contribution < 1.29 is 9.53 Å². The third-order valence-electron chi connectivity index (χ3n) is 4.43. The lowest BCUT2D eigenvalue weighted by atomic mass is 9.98. The van der Waals surface area contributed by atoms with Gasteiger partial charge in [-0.1, -0.05) is 12.1 Å². The number of ether oxygens (including phenoxy) is 1. The summed E-state index contributed by atoms with van der Waals surface area (Å²) in [5.74, 6) is -0.116. The normalized spacial score (nSPS) is 25.8. The molecule has 1 heterocycles. The Morgan fingerprint density at radius 2 is 2.29 bits per heavy atom. The Labute approximate surface area is 126 Å². The number of carbonyl (C=O) groups is 1. The molecular weight excluding hydrogens is 264 g/mol. The van der Waals surface area contributed by atoms with Crippen molar-refractivity contribution in [3.63, 3.8) is 0 Å². The summed E-state index contributed by atoms with van der Waals surface area (Å²) in [5.41, 5.74) is 1.60. The number of anilines is 1. The summed E-state index contributed by atoms with van der Waals surface area (Å²) in [6.45, 7) is 6.09. The van der Waals surface area contributed by atoms with Crippen molar-refractivity contribution in [2.75, 3.05) is 25.0 Å². The van der Waals surface area contributed by atoms with E-state index >= 15 is 0 Å². The first-order valence-electron chi connectivity index (χ1n) is 7.89. The fourth-order valence-electron chi connectivity index (χ4n) is 3.18. The van der Waals surface area contributed by atoms with Gasteiger partial charge in [-0.25, -0.2) is 4.79 Å². The molecule has 2 aliphatic rings. The Hall–Kier alpha value is -1.55. The van der Waals surface area contributed by atoms with Gasteiger partial charge in [-0.2, -0.15) is 0 Å². The van der Waals surface area contributed by atoms with Gasteiger partial charge in [0.15, 0.2) is 0 Å². The van der Waals surface area contributed by atoms with Gasteiger partial charge in [0.05, 0.1) is 6.61 Å². The quantitative estimate of drug-likeness (QED) is 0.846. The molecule has 1 N–H and O–H groups in total. The van der Waals surface area contributed by atoms with Crippen LogP contribution in [0.15, 0.2) is 24.3 Å². The lowest BCUT2D eigenvalue weighted by Gasteiger charge is -2.29. The van der Waals surface area contributed by atoms with Crippen molar-refractivity contribution in [2.45, 2.75) is 44.7 Å². The minimum atomic E-state index is -0.591. The van der Waals surface area contributed by atoms with Gasteiger partial charge in [-0.15, -0.1) is 0 Å². The van der Waals surface area contributed by atoms with E-state index in [4.69, 9.17) is 4.74 Å². The van der Waals surface area contributed by atoms with Crippen LogP contribution in [0.2, 0.25) is 0 Å². The van der Waals surface area contributed by atoms with Crippen LogP contribution >= 0.6 is 0 Å². The molecule has 1 atom stereocenters. The van der Waals surface area contributed by atoms with Gasteiger partial charge in [-0.3, -0.25) is 4.90 Å². The maximum atomic E-state index is 12.5. The zero-order valence-electron chi connectivity index (χ0n) is 12.9. The van der Waals surface area contributed by atoms with Gasteiger partial charge in [0.2, 0.25) is 0 Å². The molecular formula is C17H24N2O2. The second kappa shape index (κ2) is 5.68. The molecule has 2 fully saturated rings. The summed E-state index contributed by atoms with van der Waals surface area (Å²) in [4.78, 5) is 15.0. The number of likely N-dealkylation sites (tertiary alicyclic amines) is 1. The largest absolute Gasteiger partial charge is 0.464 e. The van der Waals surface area contributed by atoms with E-state index in [2.05, 4.69) is 29.3 Å². The van der Waals surface area contributed by atoms with Crippen LogP contribution < -0.4 is 5.32 Å². The molecule has 1 saturated heterocycles. The topological polar surface area (TPSA) is 41.6 Å². The molecule has 0 radical (unpaired) electrons. The third-order valence-corrected chi connectivity index (χ3v) is 4.43. The molecule has 1 saturated carbocycles. The second-order valence-electron chi connectivity index (χ2n) is 6.25. The highest BCUT2D eigenvalue weighted by Crippen LogP contribution is 2.35. The molecule has 4 nitrogen and oxygen atoms in total. The highest BCUT2D eigenvalue weighted by molar-refractivity contribution is 5.85. The van der Waals surface area contributed by atoms with Gasteiger partial charge >= 0.3 is 5.97 Å². The molecule has 3 rings (SSSR count). The Balaban J connectivity index is 1.80. The van der Waals surface area contributed by atoms with Crippen molar-refractivity contribution in [2.24, 2.45) is 0 Å². The van der Waals surface area contributed by atoms with E-state index in [-0.39, 0.29) is 5.97 Å². The summed E-state index contributed by atoms with van der Waals surface area (Å²) >= 11 is 0. The van der Waals surface area contributed by atoms with Crippen molar-refractivity contribution in [1.82, 2.24) is 4.90 Å². The van der Waals surface area contributed by atoms with Crippen LogP contribution in [0, 0.1) is 6.92 Å². The van der Waals surface area contributed by atoms with Crippen molar-refractivity contribution in [3.8, 4) is 0 Å². The third kappa shape index (κ3) is 3.05. The molecule has 0 amide bonds. The maximum Gasteiger partial charge on any atom is 0.333 e. The van der Waals surface area contributed by atoms with Gasteiger partial charge in [0.25, 0.3) is 0 Å². The number of aryl methyl sites for hydroxylation is 1. The highest BCUT2D eigenvalue weighted by Gasteiger charge is 2.49. The Kier molecular flexibility index (Phi) is 3.89. The predicted molar refractivity (Wildman–Crippen MR) is 83.4 cm³/mol. The number of nitrogens with one attached hydrogen (secondary N) is 1. The van der Waals surface area contributed by atoms with E-state index in [9.17, 15) is 4.79 Å². The fourth-order valence-corrected chi connectivity index (χ4v) is 3.18. The predicted octanol–water partition coefficient (Wildman–Crippen LogP) is 2.58. The van der Waals surface area contributed by atoms with Crippen molar-refractivity contribution in [1.29, 1.82) is 0 Å². The number of rotatable bonds is 5. The number of carbonyl (C=O) groups excluding carboxylic acids is 1. The van der Waals surface area contributed by atoms with Crippen molar-refractivity contribution in [3.05, 3.63) is 29.8 Å². The summed E-state index contributed by atoms with van der Waals surface area (Å²) in [6.07, 6.45) is 3.35. The van der Waals surface area contributed by atoms with Gasteiger partial charge in [0, 0.05) is 24.8 Å². The number of benzene rings is 1. The fraction of sp³-hybridized carbons (Fsp3) is 0.588. The van der Waals surface area contributed by atoms with Crippen LogP contribution in [0.3, 0.4) is 0 Å². The molecule has 1 unspecified atom stereocenters. The molecule has 114 valence electrons. The Bertz CT molecular complexity index is 527. The lowest BCUT2D eigenvalue weighted by molar-refractivity contribution is -0.148. The van der Waals surface area contributed by atoms with Gasteiger partial charge < -0.3 is 10.1 Å². The standard InChI is InChI=1S/C17H24N2O2/c1-3-21-16(20)17(9-10-19(12-17)15-7-8-15)18-14-6-4-5-13(2)11-14/h4-6,11,15,18H,3,7-10,12H2,1-2H3. The van der Waals surface area contributed by atoms with Crippen LogP contribution in [0.5, 0.6) is 0 Å². The van der Waals surface area contributed by atoms with Gasteiger partial charge in [-0.05, 0) is 50.8 Å². The van der Waals surface area contributed by atoms with E-state index in [1.165, 1.54) is 18.4 Å². The highest BCUT2D eigenvalue weighted by atomic mass is 16.5. The summed E-state index contributed by atoms with van der Waals surface area (Å²) < 4.78 is 5.35. The first kappa shape index (κ1) is 14.4. The summed E-state index contributed by atoms with van der Waals surface area (Å²) in [6, 6.07) is 8.87. The van der Waals surface area contributed by atoms with E-state index in [1.54, 1.807) is 0 Å². The van der Waals surface area contributed by atoms with Crippen LogP contribution in [-0.2, 0) is 9.53 Å². The summed E-state index contributed by atoms with van der Waals surface area (Å²) in [5, 5.41) is 3.48. The van der Waals surface area contributed by atoms with E-state index in [0.29, 0.717) is 12.6 Å². The molecule has 0 bridgehead atoms. The van der Waals surface area contributed by atoms with E-state index in [0.717, 1.165) is 25.2 Å². The average Bonchev–Trinajstić information content (AvgIpc) is 3.21. The summed E-state index contributed by atoms with van der Waals surface area (Å²) in [7, 11) is 0. The molecule has 1 aliphatic heterocycles. The molecule has 4 heteroatoms. The second-order valence-corrected chi connectivity index (χ2v) is 6.25. The lowest BCUT2D eigenvalue weighted by Crippen LogP contribution is -2.50. The van der Waals surface area contributed by atoms with Crippen molar-refractivity contribution >= 4 is 11.7 Å². The SMILES string of the molecule is CCOC(=O)C1(Nc2cccc(C)c2)CCN(C2CC2)C1. The van der Waals surface area contributed by atoms with Crippen LogP contribution in [-0.4, -0.2) is 42.1 Å². The van der Waals surface area contributed by atoms with E-state index in [1.807, 2.05) is 19.1 Å². The molecule has 0 aromatic heterocycles. The zero-order valence-corrected chi connectivity index (χ0v) is 12.9. The minimum Gasteiger partial charge on any atom is -0.464 e. The number of nitrogens with zero attached hydrogens (tertiary/aromatic N) is 1. The number of hydrogen-bond acceptors (Lipinski definition) is 4. The monoisotopic (exact) mass is 288 g/mol. The van der Waals surface area contributed by atoms with Gasteiger partial charge in [0.1, 0.15) is 5.54 Å². The van der Waals surface area contributed by atoms with E-state index < -0.39 is 5.54 Å². The average molecular weight is 288 g/mol.